The molecule has 0 bridgehead atoms. The molecular formula is C55H41N3O9. The zero-order chi connectivity index (χ0) is 47.0. The van der Waals surface area contributed by atoms with Crippen LogP contribution in [0.25, 0.3) is 16.5 Å². The second-order valence-corrected chi connectivity index (χ2v) is 17.4. The van der Waals surface area contributed by atoms with E-state index >= 15 is 0 Å². The third-order valence-electron chi connectivity index (χ3n) is 12.1. The molecule has 6 aromatic carbocycles. The Kier molecular flexibility index (Phi) is 10.2. The maximum absolute atomic E-state index is 14.5. The van der Waals surface area contributed by atoms with Gasteiger partial charge in [0.05, 0.1) is 33.3 Å². The van der Waals surface area contributed by atoms with E-state index < -0.39 is 40.8 Å². The van der Waals surface area contributed by atoms with Gasteiger partial charge in [-0.3, -0.25) is 24.0 Å². The van der Waals surface area contributed by atoms with E-state index in [0.29, 0.717) is 35.0 Å². The summed E-state index contributed by atoms with van der Waals surface area (Å²) in [5.74, 6) is -2.60. The highest BCUT2D eigenvalue weighted by molar-refractivity contribution is 6.37. The fourth-order valence-electron chi connectivity index (χ4n) is 9.23. The number of hydrogen-bond acceptors (Lipinski definition) is 10. The third kappa shape index (κ3) is 7.61. The van der Waals surface area contributed by atoms with Crippen LogP contribution in [0.4, 0.5) is 5.69 Å². The van der Waals surface area contributed by atoms with Gasteiger partial charge in [0.2, 0.25) is 0 Å². The molecule has 10 rings (SSSR count). The van der Waals surface area contributed by atoms with Crippen LogP contribution in [-0.4, -0.2) is 39.3 Å². The molecule has 0 saturated carbocycles. The summed E-state index contributed by atoms with van der Waals surface area (Å²) in [4.78, 5) is 91.9. The number of carbonyl (C=O) groups excluding carboxylic acids is 5. The summed E-state index contributed by atoms with van der Waals surface area (Å²) in [6.45, 7) is 11.6. The molecule has 330 valence electrons. The molecule has 1 aliphatic heterocycles. The lowest BCUT2D eigenvalue weighted by Crippen LogP contribution is -2.30. The van der Waals surface area contributed by atoms with Gasteiger partial charge in [-0.15, -0.1) is 0 Å². The molecule has 2 heterocycles. The Labute approximate surface area is 384 Å². The number of imide groups is 1. The van der Waals surface area contributed by atoms with E-state index in [1.807, 2.05) is 90.1 Å². The number of fused-ring (bicyclic) bond motifs is 3. The van der Waals surface area contributed by atoms with Crippen LogP contribution in [0.3, 0.4) is 0 Å². The quantitative estimate of drug-likeness (QED) is 0.0639. The Hall–Kier alpha value is -8.51. The van der Waals surface area contributed by atoms with Gasteiger partial charge in [0, 0.05) is 22.8 Å². The molecule has 7 aromatic rings. The van der Waals surface area contributed by atoms with E-state index in [1.165, 1.54) is 30.3 Å². The number of amides is 2. The number of hydrogen-bond donors (Lipinski definition) is 1. The molecule has 2 aliphatic carbocycles. The molecule has 0 unspecified atom stereocenters. The lowest BCUT2D eigenvalue weighted by molar-refractivity contribution is 0.0733. The number of allylic oxidation sites excluding steroid dienone is 4. The fraction of sp³-hybridized carbons (Fsp3) is 0.145. The van der Waals surface area contributed by atoms with Gasteiger partial charge < -0.3 is 19.2 Å². The number of Topliss-reactive ketones (excluding diaryl/α,β-unsaturated/α-hetero) is 2. The van der Waals surface area contributed by atoms with E-state index in [9.17, 15) is 28.8 Å². The first-order chi connectivity index (χ1) is 32.1. The highest BCUT2D eigenvalue weighted by atomic mass is 16.5. The lowest BCUT2D eigenvalue weighted by Gasteiger charge is -2.21. The largest absolute Gasteiger partial charge is 0.457 e. The maximum atomic E-state index is 14.5. The molecule has 12 nitrogen and oxygen atoms in total. The minimum atomic E-state index is -1.57. The highest BCUT2D eigenvalue weighted by Crippen LogP contribution is 2.43. The molecule has 0 spiro atoms. The molecule has 12 heteroatoms. The fourth-order valence-corrected chi connectivity index (χ4v) is 9.23. The number of aromatic amines is 1. The average molecular weight is 888 g/mol. The maximum Gasteiger partial charge on any atom is 0.343 e. The number of H-pyrrole nitrogens is 1. The molecule has 1 aromatic heterocycles. The Morgan fingerprint density at radius 1 is 0.612 bits per heavy atom. The summed E-state index contributed by atoms with van der Waals surface area (Å²) in [6, 6.07) is 27.2. The SMILES string of the molecule is Cc1cc(C)cc(OC(=O)c2ccc3c(=O)[nH]c(C4C(=O)c5cc6c(cc5C4=O)C(=O)N(c4cc(Oc5c(C)cc(Oc7cc(C)cc(C)c7)cc5C)ccc4C4=CC=CC4)C6=O)nc3c2)c1. The number of ether oxygens (including phenoxy) is 3. The predicted molar refractivity (Wildman–Crippen MR) is 252 cm³/mol. The monoisotopic (exact) mass is 887 g/mol. The molecule has 0 radical (unpaired) electrons. The van der Waals surface area contributed by atoms with E-state index in [-0.39, 0.29) is 50.2 Å². The van der Waals surface area contributed by atoms with Crippen LogP contribution in [-0.2, 0) is 0 Å². The number of carbonyl (C=O) groups is 5. The van der Waals surface area contributed by atoms with Crippen LogP contribution in [0, 0.1) is 41.5 Å². The second-order valence-electron chi connectivity index (χ2n) is 17.4. The lowest BCUT2D eigenvalue weighted by atomic mass is 10.0. The van der Waals surface area contributed by atoms with Crippen molar-refractivity contribution < 1.29 is 38.2 Å². The van der Waals surface area contributed by atoms with E-state index in [2.05, 4.69) is 16.0 Å². The summed E-state index contributed by atoms with van der Waals surface area (Å²) in [5, 5.41) is 0.122. The van der Waals surface area contributed by atoms with Crippen LogP contribution in [0.1, 0.15) is 109 Å². The number of nitrogens with one attached hydrogen (secondary N) is 1. The van der Waals surface area contributed by atoms with Crippen LogP contribution in [0.15, 0.2) is 120 Å². The van der Waals surface area contributed by atoms with Gasteiger partial charge in [0.1, 0.15) is 40.5 Å². The number of nitrogens with zero attached hydrogens (tertiary/aromatic N) is 2. The molecular weight excluding hydrogens is 847 g/mol. The highest BCUT2D eigenvalue weighted by Gasteiger charge is 2.46. The van der Waals surface area contributed by atoms with Crippen LogP contribution < -0.4 is 24.7 Å². The van der Waals surface area contributed by atoms with Gasteiger partial charge in [-0.2, -0.15) is 0 Å². The van der Waals surface area contributed by atoms with E-state index in [4.69, 9.17) is 14.2 Å². The van der Waals surface area contributed by atoms with Crippen molar-refractivity contribution >= 4 is 51.5 Å². The Bertz CT molecular complexity index is 3400. The first kappa shape index (κ1) is 42.4. The summed E-state index contributed by atoms with van der Waals surface area (Å²) in [7, 11) is 0. The van der Waals surface area contributed by atoms with Crippen molar-refractivity contribution in [1.82, 2.24) is 9.97 Å². The predicted octanol–water partition coefficient (Wildman–Crippen LogP) is 10.9. The summed E-state index contributed by atoms with van der Waals surface area (Å²) >= 11 is 0. The number of benzene rings is 6. The van der Waals surface area contributed by atoms with E-state index in [1.54, 1.807) is 30.3 Å². The van der Waals surface area contributed by atoms with Crippen LogP contribution >= 0.6 is 0 Å². The number of aryl methyl sites for hydroxylation is 6. The Morgan fingerprint density at radius 2 is 1.21 bits per heavy atom. The number of esters is 1. The summed E-state index contributed by atoms with van der Waals surface area (Å²) < 4.78 is 18.3. The van der Waals surface area contributed by atoms with E-state index in [0.717, 1.165) is 49.6 Å². The van der Waals surface area contributed by atoms with Crippen LogP contribution in [0.5, 0.6) is 28.7 Å². The topological polar surface area (TPSA) is 162 Å². The number of rotatable bonds is 9. The Morgan fingerprint density at radius 3 is 1.81 bits per heavy atom. The van der Waals surface area contributed by atoms with Gasteiger partial charge in [-0.1, -0.05) is 30.4 Å². The Balaban J connectivity index is 0.942. The minimum absolute atomic E-state index is 0.0562. The molecule has 3 aliphatic rings. The molecule has 1 N–H and O–H groups in total. The molecule has 0 atom stereocenters. The zero-order valence-corrected chi connectivity index (χ0v) is 37.3. The van der Waals surface area contributed by atoms with Crippen molar-refractivity contribution in [2.24, 2.45) is 0 Å². The number of anilines is 1. The summed E-state index contributed by atoms with van der Waals surface area (Å²) in [6.07, 6.45) is 6.35. The van der Waals surface area contributed by atoms with Gasteiger partial charge >= 0.3 is 5.97 Å². The van der Waals surface area contributed by atoms with Crippen molar-refractivity contribution in [3.8, 4) is 28.7 Å². The number of aromatic nitrogens is 2. The first-order valence-electron chi connectivity index (χ1n) is 21.7. The molecule has 0 saturated heterocycles. The van der Waals surface area contributed by atoms with Crippen molar-refractivity contribution in [3.63, 3.8) is 0 Å². The third-order valence-corrected chi connectivity index (χ3v) is 12.1. The molecule has 0 fully saturated rings. The standard InChI is InChI=1S/C55H41N3O9/c1-27-15-28(2)18-36(17-27)65-38-21-31(5)50(32(6)22-38)66-35-12-14-39(33-9-7-8-10-33)46(24-35)58-53(62)43-25-41-42(26-44(43)54(58)63)49(60)47(48(41)59)51-56-45-23-34(11-13-40(45)52(61)57-51)55(64)67-37-19-29(3)16-30(4)20-37/h7-9,11-26,47H,10H2,1-6H3,(H,56,57,61). The van der Waals surface area contributed by atoms with Gasteiger partial charge in [-0.25, -0.2) is 14.7 Å². The first-order valence-corrected chi connectivity index (χ1v) is 21.7. The average Bonchev–Trinajstić information content (AvgIpc) is 3.95. The normalized spacial score (nSPS) is 14.2. The van der Waals surface area contributed by atoms with Gasteiger partial charge in [-0.05, 0) is 166 Å². The van der Waals surface area contributed by atoms with Crippen molar-refractivity contribution in [2.45, 2.75) is 53.9 Å². The van der Waals surface area contributed by atoms with Gasteiger partial charge in [0.15, 0.2) is 11.6 Å². The van der Waals surface area contributed by atoms with Crippen molar-refractivity contribution in [1.29, 1.82) is 0 Å². The van der Waals surface area contributed by atoms with Crippen molar-refractivity contribution in [3.05, 3.63) is 198 Å². The molecule has 67 heavy (non-hydrogen) atoms. The summed E-state index contributed by atoms with van der Waals surface area (Å²) in [5.41, 5.74) is 6.63. The van der Waals surface area contributed by atoms with Crippen molar-refractivity contribution in [2.75, 3.05) is 4.90 Å². The molecule has 2 amide bonds. The smallest absolute Gasteiger partial charge is 0.343 e. The second kappa shape index (κ2) is 16.2. The minimum Gasteiger partial charge on any atom is -0.457 e. The van der Waals surface area contributed by atoms with Gasteiger partial charge in [0.25, 0.3) is 17.4 Å². The zero-order valence-electron chi connectivity index (χ0n) is 37.3. The van der Waals surface area contributed by atoms with Crippen LogP contribution in [0.2, 0.25) is 0 Å². The number of ketones is 2.